The van der Waals surface area contributed by atoms with Crippen molar-refractivity contribution >= 4 is 11.9 Å². The van der Waals surface area contributed by atoms with E-state index in [0.717, 1.165) is 18.4 Å². The fourth-order valence-electron chi connectivity index (χ4n) is 2.59. The molecule has 0 bridgehead atoms. The Hall–Kier alpha value is -1.88. The number of rotatable bonds is 6. The van der Waals surface area contributed by atoms with Crippen LogP contribution >= 0.6 is 0 Å². The second-order valence-corrected chi connectivity index (χ2v) is 4.97. The zero-order valence-corrected chi connectivity index (χ0v) is 11.5. The highest BCUT2D eigenvalue weighted by Crippen LogP contribution is 2.32. The molecule has 1 aliphatic rings. The largest absolute Gasteiger partial charge is 0.480 e. The molecule has 2 atom stereocenters. The van der Waals surface area contributed by atoms with E-state index in [1.54, 1.807) is 0 Å². The van der Waals surface area contributed by atoms with E-state index in [-0.39, 0.29) is 18.2 Å². The number of amides is 1. The number of carboxylic acids is 1. The van der Waals surface area contributed by atoms with Crippen LogP contribution in [0.2, 0.25) is 0 Å². The summed E-state index contributed by atoms with van der Waals surface area (Å²) in [5.41, 5.74) is 2.19. The van der Waals surface area contributed by atoms with E-state index < -0.39 is 12.0 Å². The van der Waals surface area contributed by atoms with Gasteiger partial charge >= 0.3 is 5.97 Å². The molecule has 1 aromatic carbocycles. The summed E-state index contributed by atoms with van der Waals surface area (Å²) in [4.78, 5) is 23.4. The number of fused-ring (bicyclic) bond motifs is 1. The Bertz CT molecular complexity index is 500. The molecule has 1 amide bonds. The second-order valence-electron chi connectivity index (χ2n) is 4.97. The summed E-state index contributed by atoms with van der Waals surface area (Å²) in [5, 5.41) is 11.7. The molecule has 0 fully saturated rings. The number of aliphatic carboxylic acids is 1. The standard InChI is InChI=1S/C15H19NO4/c1-20-9-8-13(15(18)19)16-14(17)12-7-6-10-4-2-3-5-11(10)12/h2-5,12-13H,6-9H2,1H3,(H,16,17)(H,18,19). The van der Waals surface area contributed by atoms with E-state index in [1.807, 2.05) is 24.3 Å². The lowest BCUT2D eigenvalue weighted by Crippen LogP contribution is -2.43. The number of hydrogen-bond acceptors (Lipinski definition) is 3. The van der Waals surface area contributed by atoms with Gasteiger partial charge in [0.25, 0.3) is 0 Å². The number of nitrogens with one attached hydrogen (secondary N) is 1. The first-order valence-corrected chi connectivity index (χ1v) is 6.73. The van der Waals surface area contributed by atoms with Gasteiger partial charge in [-0.25, -0.2) is 4.79 Å². The number of methoxy groups -OCH3 is 1. The van der Waals surface area contributed by atoms with Crippen LogP contribution in [0.25, 0.3) is 0 Å². The predicted octanol–water partition coefficient (Wildman–Crippen LogP) is 1.32. The molecule has 5 heteroatoms. The van der Waals surface area contributed by atoms with Crippen molar-refractivity contribution in [3.63, 3.8) is 0 Å². The SMILES string of the molecule is COCCC(NC(=O)C1CCc2ccccc21)C(=O)O. The van der Waals surface area contributed by atoms with Crippen LogP contribution in [-0.4, -0.2) is 36.7 Å². The molecule has 2 unspecified atom stereocenters. The Labute approximate surface area is 117 Å². The molecule has 0 saturated carbocycles. The van der Waals surface area contributed by atoms with Crippen molar-refractivity contribution in [3.8, 4) is 0 Å². The lowest BCUT2D eigenvalue weighted by atomic mass is 10.00. The molecule has 1 aliphatic carbocycles. The summed E-state index contributed by atoms with van der Waals surface area (Å²) in [6.07, 6.45) is 1.87. The zero-order chi connectivity index (χ0) is 14.5. The minimum absolute atomic E-state index is 0.210. The first-order chi connectivity index (χ1) is 9.63. The molecule has 0 aromatic heterocycles. The fourth-order valence-corrected chi connectivity index (χ4v) is 2.59. The Morgan fingerprint density at radius 1 is 1.45 bits per heavy atom. The van der Waals surface area contributed by atoms with Crippen LogP contribution in [0.3, 0.4) is 0 Å². The van der Waals surface area contributed by atoms with Gasteiger partial charge in [0.05, 0.1) is 5.92 Å². The molecule has 0 radical (unpaired) electrons. The van der Waals surface area contributed by atoms with Crippen LogP contribution in [-0.2, 0) is 20.7 Å². The number of carbonyl (C=O) groups is 2. The molecule has 20 heavy (non-hydrogen) atoms. The van der Waals surface area contributed by atoms with Crippen molar-refractivity contribution in [2.75, 3.05) is 13.7 Å². The molecule has 2 N–H and O–H groups in total. The molecular weight excluding hydrogens is 258 g/mol. The maximum absolute atomic E-state index is 12.3. The van der Waals surface area contributed by atoms with Crippen molar-refractivity contribution in [2.45, 2.75) is 31.2 Å². The van der Waals surface area contributed by atoms with Crippen LogP contribution in [0.5, 0.6) is 0 Å². The minimum atomic E-state index is -1.03. The van der Waals surface area contributed by atoms with Crippen molar-refractivity contribution in [1.82, 2.24) is 5.32 Å². The van der Waals surface area contributed by atoms with Gasteiger partial charge in [-0.05, 0) is 24.0 Å². The zero-order valence-electron chi connectivity index (χ0n) is 11.5. The Morgan fingerprint density at radius 2 is 2.20 bits per heavy atom. The van der Waals surface area contributed by atoms with E-state index in [2.05, 4.69) is 5.32 Å². The van der Waals surface area contributed by atoms with Crippen molar-refractivity contribution < 1.29 is 19.4 Å². The average molecular weight is 277 g/mol. The number of ether oxygens (including phenoxy) is 1. The quantitative estimate of drug-likeness (QED) is 0.822. The molecule has 0 spiro atoms. The maximum Gasteiger partial charge on any atom is 0.326 e. The average Bonchev–Trinajstić information content (AvgIpc) is 2.87. The van der Waals surface area contributed by atoms with Crippen LogP contribution in [0.1, 0.15) is 29.9 Å². The molecule has 0 saturated heterocycles. The van der Waals surface area contributed by atoms with Gasteiger partial charge in [-0.3, -0.25) is 4.79 Å². The summed E-state index contributed by atoms with van der Waals surface area (Å²) in [6.45, 7) is 0.304. The normalized spacial score (nSPS) is 18.4. The third-order valence-electron chi connectivity index (χ3n) is 3.67. The van der Waals surface area contributed by atoms with Crippen molar-refractivity contribution in [2.24, 2.45) is 0 Å². The first-order valence-electron chi connectivity index (χ1n) is 6.73. The number of aryl methyl sites for hydroxylation is 1. The second kappa shape index (κ2) is 6.52. The maximum atomic E-state index is 12.3. The molecule has 1 aromatic rings. The molecule has 108 valence electrons. The highest BCUT2D eigenvalue weighted by atomic mass is 16.5. The van der Waals surface area contributed by atoms with Gasteiger partial charge < -0.3 is 15.2 Å². The molecule has 0 aliphatic heterocycles. The Kier molecular flexibility index (Phi) is 4.74. The van der Waals surface area contributed by atoms with Gasteiger partial charge in [-0.1, -0.05) is 24.3 Å². The van der Waals surface area contributed by atoms with Gasteiger partial charge in [0.1, 0.15) is 6.04 Å². The van der Waals surface area contributed by atoms with Gasteiger partial charge in [0.2, 0.25) is 5.91 Å². The third-order valence-corrected chi connectivity index (χ3v) is 3.67. The monoisotopic (exact) mass is 277 g/mol. The van der Waals surface area contributed by atoms with Gasteiger partial charge in [-0.2, -0.15) is 0 Å². The highest BCUT2D eigenvalue weighted by molar-refractivity contribution is 5.88. The summed E-state index contributed by atoms with van der Waals surface area (Å²) >= 11 is 0. The summed E-state index contributed by atoms with van der Waals surface area (Å²) in [5.74, 6) is -1.48. The lowest BCUT2D eigenvalue weighted by Gasteiger charge is -2.17. The predicted molar refractivity (Wildman–Crippen MR) is 73.6 cm³/mol. The van der Waals surface area contributed by atoms with Crippen LogP contribution < -0.4 is 5.32 Å². The number of carboxylic acid groups (broad SMARTS) is 1. The Morgan fingerprint density at radius 3 is 2.90 bits per heavy atom. The van der Waals surface area contributed by atoms with Gasteiger partial charge in [0.15, 0.2) is 0 Å². The summed E-state index contributed by atoms with van der Waals surface area (Å²) in [7, 11) is 1.51. The number of benzene rings is 1. The minimum Gasteiger partial charge on any atom is -0.480 e. The Balaban J connectivity index is 2.03. The fraction of sp³-hybridized carbons (Fsp3) is 0.467. The summed E-state index contributed by atoms with van der Waals surface area (Å²) in [6, 6.07) is 6.93. The molecular formula is C15H19NO4. The van der Waals surface area contributed by atoms with E-state index in [4.69, 9.17) is 9.84 Å². The number of hydrogen-bond donors (Lipinski definition) is 2. The lowest BCUT2D eigenvalue weighted by molar-refractivity contribution is -0.142. The van der Waals surface area contributed by atoms with E-state index >= 15 is 0 Å². The highest BCUT2D eigenvalue weighted by Gasteiger charge is 2.30. The third kappa shape index (κ3) is 3.17. The number of carbonyl (C=O) groups excluding carboxylic acids is 1. The van der Waals surface area contributed by atoms with E-state index in [9.17, 15) is 9.59 Å². The van der Waals surface area contributed by atoms with Crippen LogP contribution in [0.15, 0.2) is 24.3 Å². The van der Waals surface area contributed by atoms with Crippen LogP contribution in [0, 0.1) is 0 Å². The topological polar surface area (TPSA) is 75.6 Å². The molecule has 0 heterocycles. The molecule has 2 rings (SSSR count). The summed E-state index contributed by atoms with van der Waals surface area (Å²) < 4.78 is 4.87. The van der Waals surface area contributed by atoms with E-state index in [1.165, 1.54) is 12.7 Å². The van der Waals surface area contributed by atoms with Gasteiger partial charge in [-0.15, -0.1) is 0 Å². The van der Waals surface area contributed by atoms with Crippen LogP contribution in [0.4, 0.5) is 0 Å². The van der Waals surface area contributed by atoms with Crippen molar-refractivity contribution in [3.05, 3.63) is 35.4 Å². The smallest absolute Gasteiger partial charge is 0.326 e. The van der Waals surface area contributed by atoms with Gasteiger partial charge in [0, 0.05) is 20.1 Å². The van der Waals surface area contributed by atoms with Crippen molar-refractivity contribution in [1.29, 1.82) is 0 Å². The molecule has 5 nitrogen and oxygen atoms in total. The first kappa shape index (κ1) is 14.5. The van der Waals surface area contributed by atoms with E-state index in [0.29, 0.717) is 6.61 Å².